The van der Waals surface area contributed by atoms with E-state index in [1.165, 1.54) is 6.07 Å². The Bertz CT molecular complexity index is 439. The van der Waals surface area contributed by atoms with Crippen LogP contribution in [0, 0.1) is 5.82 Å². The summed E-state index contributed by atoms with van der Waals surface area (Å²) in [6.45, 7) is 0. The smallest absolute Gasteiger partial charge is 0.132 e. The van der Waals surface area contributed by atoms with Gasteiger partial charge in [0.15, 0.2) is 0 Å². The summed E-state index contributed by atoms with van der Waals surface area (Å²) in [6, 6.07) is 8.25. The molecule has 0 radical (unpaired) electrons. The monoisotopic (exact) mass is 210 g/mol. The fraction of sp³-hybridized carbons (Fsp3) is 0.100. The predicted molar refractivity (Wildman–Crippen MR) is 53.5 cm³/mol. The highest BCUT2D eigenvalue weighted by molar-refractivity contribution is 6.16. The van der Waals surface area contributed by atoms with Gasteiger partial charge in [-0.15, -0.1) is 11.6 Å². The molecule has 0 saturated heterocycles. The van der Waals surface area contributed by atoms with Crippen LogP contribution in [0.1, 0.15) is 5.69 Å². The van der Waals surface area contributed by atoms with E-state index in [0.29, 0.717) is 17.1 Å². The number of benzene rings is 1. The zero-order chi connectivity index (χ0) is 9.97. The minimum absolute atomic E-state index is 0.278. The Morgan fingerprint density at radius 1 is 1.36 bits per heavy atom. The lowest BCUT2D eigenvalue weighted by atomic mass is 10.1. The zero-order valence-corrected chi connectivity index (χ0v) is 8.05. The van der Waals surface area contributed by atoms with Gasteiger partial charge in [0.25, 0.3) is 0 Å². The molecule has 0 fully saturated rings. The van der Waals surface area contributed by atoms with Gasteiger partial charge in [0.05, 0.1) is 17.3 Å². The summed E-state index contributed by atoms with van der Waals surface area (Å²) >= 11 is 5.60. The van der Waals surface area contributed by atoms with E-state index in [4.69, 9.17) is 11.6 Å². The summed E-state index contributed by atoms with van der Waals surface area (Å²) < 4.78 is 13.3. The Kier molecular flexibility index (Phi) is 2.50. The number of aromatic amines is 1. The molecule has 0 unspecified atom stereocenters. The maximum Gasteiger partial charge on any atom is 0.132 e. The van der Waals surface area contributed by atoms with Crippen LogP contribution in [0.5, 0.6) is 0 Å². The van der Waals surface area contributed by atoms with Crippen LogP contribution in [0.2, 0.25) is 0 Å². The van der Waals surface area contributed by atoms with Crippen LogP contribution in [-0.4, -0.2) is 10.2 Å². The topological polar surface area (TPSA) is 28.7 Å². The molecule has 2 nitrogen and oxygen atoms in total. The molecule has 4 heteroatoms. The third-order valence-corrected chi connectivity index (χ3v) is 2.21. The van der Waals surface area contributed by atoms with Crippen LogP contribution in [0.3, 0.4) is 0 Å². The number of hydrogen-bond donors (Lipinski definition) is 1. The van der Waals surface area contributed by atoms with E-state index in [1.54, 1.807) is 24.3 Å². The average molecular weight is 211 g/mol. The van der Waals surface area contributed by atoms with Gasteiger partial charge < -0.3 is 0 Å². The normalized spacial score (nSPS) is 10.4. The Morgan fingerprint density at radius 2 is 2.14 bits per heavy atom. The predicted octanol–water partition coefficient (Wildman–Crippen LogP) is 2.95. The quantitative estimate of drug-likeness (QED) is 0.759. The number of alkyl halides is 1. The van der Waals surface area contributed by atoms with Crippen LogP contribution in [0.25, 0.3) is 11.3 Å². The van der Waals surface area contributed by atoms with Crippen molar-refractivity contribution in [1.29, 1.82) is 0 Å². The molecule has 0 aliphatic heterocycles. The van der Waals surface area contributed by atoms with Crippen molar-refractivity contribution in [1.82, 2.24) is 10.2 Å². The molecule has 2 aromatic rings. The van der Waals surface area contributed by atoms with Crippen LogP contribution in [0.15, 0.2) is 30.3 Å². The van der Waals surface area contributed by atoms with E-state index >= 15 is 0 Å². The third-order valence-electron chi connectivity index (χ3n) is 1.92. The molecule has 0 aliphatic rings. The molecule has 1 aromatic heterocycles. The van der Waals surface area contributed by atoms with Crippen molar-refractivity contribution in [3.05, 3.63) is 41.8 Å². The lowest BCUT2D eigenvalue weighted by Crippen LogP contribution is -1.82. The fourth-order valence-corrected chi connectivity index (χ4v) is 1.37. The average Bonchev–Trinajstić information content (AvgIpc) is 2.67. The first kappa shape index (κ1) is 9.21. The number of rotatable bonds is 2. The number of hydrogen-bond acceptors (Lipinski definition) is 1. The van der Waals surface area contributed by atoms with Crippen molar-refractivity contribution in [2.24, 2.45) is 0 Å². The fourth-order valence-electron chi connectivity index (χ4n) is 1.24. The molecule has 1 N–H and O–H groups in total. The van der Waals surface area contributed by atoms with Gasteiger partial charge in [-0.05, 0) is 18.2 Å². The highest BCUT2D eigenvalue weighted by Gasteiger charge is 2.07. The van der Waals surface area contributed by atoms with Gasteiger partial charge in [0, 0.05) is 5.56 Å². The van der Waals surface area contributed by atoms with Gasteiger partial charge in [0.1, 0.15) is 5.82 Å². The van der Waals surface area contributed by atoms with Gasteiger partial charge in [-0.1, -0.05) is 12.1 Å². The molecule has 1 heterocycles. The number of nitrogens with one attached hydrogen (secondary N) is 1. The lowest BCUT2D eigenvalue weighted by molar-refractivity contribution is 0.630. The molecule has 0 atom stereocenters. The first-order chi connectivity index (χ1) is 6.81. The number of halogens is 2. The van der Waals surface area contributed by atoms with Gasteiger partial charge in [0.2, 0.25) is 0 Å². The van der Waals surface area contributed by atoms with Crippen molar-refractivity contribution in [3.63, 3.8) is 0 Å². The summed E-state index contributed by atoms with van der Waals surface area (Å²) in [5.41, 5.74) is 1.85. The van der Waals surface area contributed by atoms with E-state index in [1.807, 2.05) is 0 Å². The molecule has 0 bridgehead atoms. The highest BCUT2D eigenvalue weighted by Crippen LogP contribution is 2.21. The number of nitrogens with zero attached hydrogens (tertiary/aromatic N) is 1. The lowest BCUT2D eigenvalue weighted by Gasteiger charge is -1.96. The Labute approximate surface area is 85.7 Å². The second kappa shape index (κ2) is 3.80. The summed E-state index contributed by atoms with van der Waals surface area (Å²) in [5, 5.41) is 6.70. The minimum atomic E-state index is -0.278. The van der Waals surface area contributed by atoms with Crippen LogP contribution < -0.4 is 0 Å². The van der Waals surface area contributed by atoms with Crippen molar-refractivity contribution in [2.75, 3.05) is 0 Å². The molecule has 0 saturated carbocycles. The van der Waals surface area contributed by atoms with Gasteiger partial charge in [-0.2, -0.15) is 5.10 Å². The number of aromatic nitrogens is 2. The Hall–Kier alpha value is -1.35. The summed E-state index contributed by atoms with van der Waals surface area (Å²) in [5.74, 6) is 0.0710. The SMILES string of the molecule is Fc1ccccc1-c1cc(CCl)[nH]n1. The second-order valence-electron chi connectivity index (χ2n) is 2.89. The van der Waals surface area contributed by atoms with Gasteiger partial charge in [-0.25, -0.2) is 4.39 Å². The van der Waals surface area contributed by atoms with E-state index in [2.05, 4.69) is 10.2 Å². The Balaban J connectivity index is 2.44. The molecule has 0 aliphatic carbocycles. The van der Waals surface area contributed by atoms with Crippen molar-refractivity contribution in [2.45, 2.75) is 5.88 Å². The first-order valence-electron chi connectivity index (χ1n) is 4.16. The largest absolute Gasteiger partial charge is 0.281 e. The zero-order valence-electron chi connectivity index (χ0n) is 7.30. The maximum absolute atomic E-state index is 13.3. The van der Waals surface area contributed by atoms with Crippen molar-refractivity contribution >= 4 is 11.6 Å². The summed E-state index contributed by atoms with van der Waals surface area (Å²) in [6.07, 6.45) is 0. The Morgan fingerprint density at radius 3 is 2.79 bits per heavy atom. The van der Waals surface area contributed by atoms with Crippen LogP contribution in [0.4, 0.5) is 4.39 Å². The molecular formula is C10H8ClFN2. The maximum atomic E-state index is 13.3. The van der Waals surface area contributed by atoms with Gasteiger partial charge >= 0.3 is 0 Å². The number of H-pyrrole nitrogens is 1. The van der Waals surface area contributed by atoms with E-state index in [9.17, 15) is 4.39 Å². The third kappa shape index (κ3) is 1.63. The van der Waals surface area contributed by atoms with E-state index in [0.717, 1.165) is 5.69 Å². The first-order valence-corrected chi connectivity index (χ1v) is 4.70. The summed E-state index contributed by atoms with van der Waals surface area (Å²) in [4.78, 5) is 0. The molecule has 2 rings (SSSR count). The second-order valence-corrected chi connectivity index (χ2v) is 3.16. The van der Waals surface area contributed by atoms with Crippen molar-refractivity contribution < 1.29 is 4.39 Å². The standard InChI is InChI=1S/C10H8ClFN2/c11-6-7-5-10(14-13-7)8-3-1-2-4-9(8)12/h1-5H,6H2,(H,13,14). The molecule has 0 spiro atoms. The molecule has 14 heavy (non-hydrogen) atoms. The van der Waals surface area contributed by atoms with E-state index < -0.39 is 0 Å². The van der Waals surface area contributed by atoms with Crippen LogP contribution in [-0.2, 0) is 5.88 Å². The van der Waals surface area contributed by atoms with Gasteiger partial charge in [-0.3, -0.25) is 5.10 Å². The van der Waals surface area contributed by atoms with Crippen molar-refractivity contribution in [3.8, 4) is 11.3 Å². The van der Waals surface area contributed by atoms with Crippen LogP contribution >= 0.6 is 11.6 Å². The highest BCUT2D eigenvalue weighted by atomic mass is 35.5. The molecule has 72 valence electrons. The molecule has 1 aromatic carbocycles. The van der Waals surface area contributed by atoms with E-state index in [-0.39, 0.29) is 5.82 Å². The molecule has 0 amide bonds. The summed E-state index contributed by atoms with van der Waals surface area (Å²) in [7, 11) is 0. The molecular weight excluding hydrogens is 203 g/mol. The minimum Gasteiger partial charge on any atom is -0.281 e.